The van der Waals surface area contributed by atoms with Gasteiger partial charge in [0, 0.05) is 61.0 Å². The molecule has 12 nitrogen and oxygen atoms in total. The molecule has 1 aromatic carbocycles. The van der Waals surface area contributed by atoms with E-state index < -0.39 is 44.7 Å². The summed E-state index contributed by atoms with van der Waals surface area (Å²) < 4.78 is 63.9. The van der Waals surface area contributed by atoms with Crippen LogP contribution in [0.4, 0.5) is 8.78 Å². The minimum atomic E-state index is -3.89. The Hall–Kier alpha value is -3.73. The molecule has 246 valence electrons. The highest BCUT2D eigenvalue weighted by atomic mass is 35.5. The molecule has 1 saturated heterocycles. The third-order valence-corrected chi connectivity index (χ3v) is 10.7. The van der Waals surface area contributed by atoms with Crippen molar-refractivity contribution in [2.45, 2.75) is 56.5 Å². The maximum absolute atomic E-state index is 14.6. The third kappa shape index (κ3) is 7.14. The molecule has 2 aliphatic rings. The van der Waals surface area contributed by atoms with Gasteiger partial charge < -0.3 is 15.2 Å². The first-order valence-electron chi connectivity index (χ1n) is 14.5. The van der Waals surface area contributed by atoms with Crippen LogP contribution >= 0.6 is 22.9 Å². The van der Waals surface area contributed by atoms with E-state index in [0.29, 0.717) is 48.8 Å². The van der Waals surface area contributed by atoms with Crippen molar-refractivity contribution in [1.82, 2.24) is 24.4 Å². The van der Waals surface area contributed by atoms with E-state index in [-0.39, 0.29) is 48.1 Å². The number of amidine groups is 1. The molecule has 4 heterocycles. The molecule has 46 heavy (non-hydrogen) atoms. The van der Waals surface area contributed by atoms with Gasteiger partial charge >= 0.3 is 11.9 Å². The van der Waals surface area contributed by atoms with E-state index in [1.54, 1.807) is 18.5 Å². The Morgan fingerprint density at radius 1 is 1.22 bits per heavy atom. The number of allylic oxidation sites excluding steroid dienone is 1. The maximum atomic E-state index is 14.6. The number of carbonyl (C=O) groups is 2. The molecule has 1 fully saturated rings. The molecule has 17 heteroatoms. The van der Waals surface area contributed by atoms with Crippen LogP contribution < -0.4 is 5.32 Å². The Morgan fingerprint density at radius 3 is 2.65 bits per heavy atom. The smallest absolute Gasteiger partial charge is 0.338 e. The number of nitrogens with zero attached hydrogens (tertiary/aromatic N) is 5. The van der Waals surface area contributed by atoms with Crippen LogP contribution in [0.1, 0.15) is 55.6 Å². The number of hydrogen-bond donors (Lipinski definition) is 2. The first-order chi connectivity index (χ1) is 22.0. The number of thiazole rings is 1. The van der Waals surface area contributed by atoms with E-state index >= 15 is 0 Å². The average Bonchev–Trinajstić information content (AvgIpc) is 3.75. The van der Waals surface area contributed by atoms with Crippen LogP contribution in [0.3, 0.4) is 0 Å². The first kappa shape index (κ1) is 33.6. The highest BCUT2D eigenvalue weighted by Gasteiger charge is 2.39. The van der Waals surface area contributed by atoms with Gasteiger partial charge in [-0.2, -0.15) is 9.40 Å². The number of aliphatic imine (C=N–C) groups is 1. The van der Waals surface area contributed by atoms with Gasteiger partial charge in [-0.1, -0.05) is 17.7 Å². The van der Waals surface area contributed by atoms with Crippen molar-refractivity contribution in [3.05, 3.63) is 74.6 Å². The second kappa shape index (κ2) is 14.4. The molecule has 1 unspecified atom stereocenters. The zero-order valence-corrected chi connectivity index (χ0v) is 27.0. The molecule has 2 N–H and O–H groups in total. The number of nitrogens with one attached hydrogen (secondary N) is 1. The Labute approximate surface area is 272 Å². The van der Waals surface area contributed by atoms with Gasteiger partial charge in [-0.3, -0.25) is 14.5 Å². The van der Waals surface area contributed by atoms with Crippen molar-refractivity contribution in [2.24, 2.45) is 10.9 Å². The zero-order valence-electron chi connectivity index (χ0n) is 24.7. The number of aliphatic carboxylic acids is 1. The lowest BCUT2D eigenvalue weighted by Gasteiger charge is -2.36. The van der Waals surface area contributed by atoms with Crippen LogP contribution in [0.25, 0.3) is 0 Å². The molecular formula is C29H31ClF2N6O6S2. The SMILES string of the molecule is CCOC(=O)C1=C(C2CCN(S(=O)(=O)c3cnn(CCCCC(=O)O)c3)CC2)NC(c2nccs2)=NC1c1ccc(F)c(F)c1Cl. The quantitative estimate of drug-likeness (QED) is 0.158. The molecule has 2 aromatic heterocycles. The first-order valence-corrected chi connectivity index (χ1v) is 17.2. The van der Waals surface area contributed by atoms with Crippen LogP contribution in [0.15, 0.2) is 57.3 Å². The Kier molecular flexibility index (Phi) is 10.5. The van der Waals surface area contributed by atoms with E-state index in [4.69, 9.17) is 21.4 Å². The molecule has 0 aliphatic carbocycles. The molecule has 1 atom stereocenters. The minimum Gasteiger partial charge on any atom is -0.481 e. The molecule has 0 amide bonds. The molecule has 0 spiro atoms. The van der Waals surface area contributed by atoms with Crippen LogP contribution in [0.2, 0.25) is 5.02 Å². The van der Waals surface area contributed by atoms with Gasteiger partial charge in [-0.05, 0) is 38.7 Å². The van der Waals surface area contributed by atoms with Crippen LogP contribution in [-0.4, -0.2) is 70.1 Å². The summed E-state index contributed by atoms with van der Waals surface area (Å²) in [5.74, 6) is -4.09. The monoisotopic (exact) mass is 696 g/mol. The van der Waals surface area contributed by atoms with E-state index in [1.165, 1.54) is 38.8 Å². The number of rotatable bonds is 12. The van der Waals surface area contributed by atoms with Crippen molar-refractivity contribution in [3.8, 4) is 0 Å². The predicted molar refractivity (Wildman–Crippen MR) is 165 cm³/mol. The summed E-state index contributed by atoms with van der Waals surface area (Å²) in [6.07, 6.45) is 5.92. The summed E-state index contributed by atoms with van der Waals surface area (Å²) in [7, 11) is -3.89. The number of sulfonamides is 1. The fourth-order valence-electron chi connectivity index (χ4n) is 5.43. The molecule has 0 saturated carbocycles. The second-order valence-corrected chi connectivity index (χ2v) is 13.8. The van der Waals surface area contributed by atoms with Crippen LogP contribution in [-0.2, 0) is 30.9 Å². The van der Waals surface area contributed by atoms with Gasteiger partial charge in [0.15, 0.2) is 22.5 Å². The molecule has 0 bridgehead atoms. The fourth-order valence-corrected chi connectivity index (χ4v) is 7.70. The van der Waals surface area contributed by atoms with E-state index in [1.807, 2.05) is 0 Å². The summed E-state index contributed by atoms with van der Waals surface area (Å²) in [5, 5.41) is 17.9. The lowest BCUT2D eigenvalue weighted by molar-refractivity contribution is -0.139. The van der Waals surface area contributed by atoms with E-state index in [0.717, 1.165) is 6.07 Å². The number of aromatic nitrogens is 3. The van der Waals surface area contributed by atoms with Gasteiger partial charge in [-0.15, -0.1) is 11.3 Å². The van der Waals surface area contributed by atoms with Gasteiger partial charge in [-0.25, -0.2) is 27.0 Å². The van der Waals surface area contributed by atoms with Gasteiger partial charge in [0.1, 0.15) is 10.9 Å². The molecular weight excluding hydrogens is 666 g/mol. The maximum Gasteiger partial charge on any atom is 0.338 e. The third-order valence-electron chi connectivity index (χ3n) is 7.70. The van der Waals surface area contributed by atoms with Crippen molar-refractivity contribution < 1.29 is 36.6 Å². The predicted octanol–water partition coefficient (Wildman–Crippen LogP) is 4.54. The number of piperidine rings is 1. The number of hydrogen-bond acceptors (Lipinski definition) is 10. The topological polar surface area (TPSA) is 156 Å². The number of halogens is 3. The van der Waals surface area contributed by atoms with Gasteiger partial charge in [0.05, 0.1) is 23.4 Å². The molecule has 2 aliphatic heterocycles. The normalized spacial score (nSPS) is 17.9. The summed E-state index contributed by atoms with van der Waals surface area (Å²) in [6, 6.07) is 1.04. The molecule has 3 aromatic rings. The number of esters is 1. The number of aryl methyl sites for hydroxylation is 1. The lowest BCUT2D eigenvalue weighted by atomic mass is 9.86. The highest BCUT2D eigenvalue weighted by Crippen LogP contribution is 2.41. The molecule has 5 rings (SSSR count). The zero-order chi connectivity index (χ0) is 33.0. The lowest BCUT2D eigenvalue weighted by Crippen LogP contribution is -2.43. The number of benzene rings is 1. The van der Waals surface area contributed by atoms with Crippen LogP contribution in [0.5, 0.6) is 0 Å². The highest BCUT2D eigenvalue weighted by molar-refractivity contribution is 7.89. The Balaban J connectivity index is 1.42. The fraction of sp³-hybridized carbons (Fsp3) is 0.414. The van der Waals surface area contributed by atoms with Crippen molar-refractivity contribution in [3.63, 3.8) is 0 Å². The van der Waals surface area contributed by atoms with E-state index in [9.17, 15) is 26.8 Å². The summed E-state index contributed by atoms with van der Waals surface area (Å²) in [5.41, 5.74) is 0.563. The second-order valence-electron chi connectivity index (χ2n) is 10.6. The van der Waals surface area contributed by atoms with Crippen LogP contribution in [0, 0.1) is 17.6 Å². The minimum absolute atomic E-state index is 0.0241. The standard InChI is InChI=1S/C29H31ClF2N6O6S2/c1-2-44-29(41)22-25(35-27(28-33-10-14-45-28)36-26(22)19-6-7-20(31)24(32)23(19)30)17-8-12-38(13-9-17)46(42,43)18-15-34-37(16-18)11-4-3-5-21(39)40/h6-7,10,14-17,26H,2-5,8-9,11-13H2,1H3,(H,35,36)(H,39,40). The Morgan fingerprint density at radius 2 is 1.98 bits per heavy atom. The van der Waals surface area contributed by atoms with Gasteiger partial charge in [0.2, 0.25) is 10.0 Å². The van der Waals surface area contributed by atoms with Crippen molar-refractivity contribution in [1.29, 1.82) is 0 Å². The largest absolute Gasteiger partial charge is 0.481 e. The Bertz CT molecular complexity index is 1770. The van der Waals surface area contributed by atoms with Gasteiger partial charge in [0.25, 0.3) is 0 Å². The molecule has 0 radical (unpaired) electrons. The van der Waals surface area contributed by atoms with E-state index in [2.05, 4.69) is 20.4 Å². The number of ether oxygens (including phenoxy) is 1. The van der Waals surface area contributed by atoms with Crippen molar-refractivity contribution >= 4 is 50.7 Å². The van der Waals surface area contributed by atoms with Crippen molar-refractivity contribution in [2.75, 3.05) is 19.7 Å². The number of carboxylic acid groups (broad SMARTS) is 1. The summed E-state index contributed by atoms with van der Waals surface area (Å²) >= 11 is 7.55. The number of carbonyl (C=O) groups excluding carboxylic acids is 1. The average molecular weight is 697 g/mol. The summed E-state index contributed by atoms with van der Waals surface area (Å²) in [6.45, 7) is 2.31. The number of carboxylic acids is 1. The summed E-state index contributed by atoms with van der Waals surface area (Å²) in [4.78, 5) is 33.2. The number of unbranched alkanes of at least 4 members (excludes halogenated alkanes) is 1.